The normalized spacial score (nSPS) is 24.6. The Morgan fingerprint density at radius 3 is 0.702 bits per heavy atom. The van der Waals surface area contributed by atoms with Gasteiger partial charge in [-0.15, -0.1) is 0 Å². The van der Waals surface area contributed by atoms with Crippen molar-refractivity contribution in [3.63, 3.8) is 0 Å². The number of aliphatic imine (C=N–C) groups is 8. The molecule has 0 aliphatic carbocycles. The summed E-state index contributed by atoms with van der Waals surface area (Å²) in [7, 11) is 0. The van der Waals surface area contributed by atoms with E-state index in [0.717, 1.165) is 94.6 Å². The summed E-state index contributed by atoms with van der Waals surface area (Å²) < 4.78 is 0. The summed E-state index contributed by atoms with van der Waals surface area (Å²) in [5, 5.41) is 23.2. The zero-order valence-corrected chi connectivity index (χ0v) is 50.4. The third-order valence-corrected chi connectivity index (χ3v) is 18.2. The lowest BCUT2D eigenvalue weighted by atomic mass is 9.96. The highest BCUT2D eigenvalue weighted by Crippen LogP contribution is 2.39. The van der Waals surface area contributed by atoms with E-state index in [1.54, 1.807) is 0 Å². The minimum Gasteiger partial charge on any atom is -0.390 e. The van der Waals surface area contributed by atoms with Crippen LogP contribution in [-0.2, 0) is 0 Å². The summed E-state index contributed by atoms with van der Waals surface area (Å²) in [5.41, 5.74) is 18.4. The highest BCUT2D eigenvalue weighted by molar-refractivity contribution is 6.03. The largest absolute Gasteiger partial charge is 0.390 e. The van der Waals surface area contributed by atoms with Crippen LogP contribution >= 0.6 is 0 Å². The quantitative estimate of drug-likeness (QED) is 0.0713. The number of benzene rings is 4. The topological polar surface area (TPSA) is 152 Å². The smallest absolute Gasteiger partial charge is 0.0794 e. The van der Waals surface area contributed by atoms with Crippen LogP contribution in [0.25, 0.3) is 0 Å². The second-order valence-corrected chi connectivity index (χ2v) is 24.5. The van der Waals surface area contributed by atoms with Gasteiger partial charge in [0.25, 0.3) is 0 Å². The Morgan fingerprint density at radius 2 is 0.512 bits per heavy atom. The van der Waals surface area contributed by atoms with Crippen LogP contribution in [0.4, 0.5) is 22.7 Å². The summed E-state index contributed by atoms with van der Waals surface area (Å²) in [6, 6.07) is 33.8. The number of hydrogen-bond acceptors (Lipinski definition) is 14. The van der Waals surface area contributed by atoms with Gasteiger partial charge in [-0.25, -0.2) is 0 Å². The van der Waals surface area contributed by atoms with E-state index >= 15 is 0 Å². The van der Waals surface area contributed by atoms with Gasteiger partial charge in [-0.2, -0.15) is 0 Å². The molecule has 0 saturated heterocycles. The molecule has 0 spiro atoms. The number of fused-ring (bicyclic) bond motifs is 4. The fourth-order valence-electron chi connectivity index (χ4n) is 12.8. The number of rotatable bonds is 24. The predicted molar refractivity (Wildman–Crippen MR) is 349 cm³/mol. The van der Waals surface area contributed by atoms with Gasteiger partial charge < -0.3 is 10.2 Å². The molecule has 0 saturated carbocycles. The summed E-state index contributed by atoms with van der Waals surface area (Å²) in [5.74, 6) is 2.26. The van der Waals surface area contributed by atoms with E-state index < -0.39 is 12.2 Å². The Balaban J connectivity index is 0.000000189. The minimum atomic E-state index is -0.603. The van der Waals surface area contributed by atoms with Crippen LogP contribution in [0.3, 0.4) is 0 Å². The molecule has 0 radical (unpaired) electrons. The van der Waals surface area contributed by atoms with Gasteiger partial charge in [0.05, 0.1) is 35.0 Å². The summed E-state index contributed by atoms with van der Waals surface area (Å²) in [6.45, 7) is 25.4. The lowest BCUT2D eigenvalue weighted by molar-refractivity contribution is 0.0931. The third kappa shape index (κ3) is 13.7. The van der Waals surface area contributed by atoms with Crippen LogP contribution in [0.1, 0.15) is 101 Å². The average molecular weight is 1130 g/mol. The number of hydrogen-bond donors (Lipinski definition) is 2. The van der Waals surface area contributed by atoms with Crippen molar-refractivity contribution < 1.29 is 10.2 Å². The molecule has 436 valence electrons. The number of para-hydroxylation sites is 4. The lowest BCUT2D eigenvalue weighted by Gasteiger charge is -2.31. The van der Waals surface area contributed by atoms with Crippen molar-refractivity contribution >= 4 is 68.4 Å². The number of aliphatic hydroxyl groups is 2. The summed E-state index contributed by atoms with van der Waals surface area (Å²) >= 11 is 0. The maximum Gasteiger partial charge on any atom is 0.0794 e. The van der Waals surface area contributed by atoms with Crippen LogP contribution in [0.2, 0.25) is 0 Å². The number of nitrogens with zero attached hydrogens (tertiary/aromatic N) is 12. The molecular weight excluding hydrogens is 1040 g/mol. The molecule has 14 heteroatoms. The van der Waals surface area contributed by atoms with Crippen LogP contribution in [0.15, 0.2) is 186 Å². The number of aliphatic hydroxyl groups excluding tert-OH is 2. The highest BCUT2D eigenvalue weighted by Gasteiger charge is 2.33. The van der Waals surface area contributed by atoms with E-state index in [1.807, 2.05) is 24.8 Å². The molecular formula is C70H84N12O2. The van der Waals surface area contributed by atoms with Crippen molar-refractivity contribution in [2.45, 2.75) is 91.3 Å². The van der Waals surface area contributed by atoms with Gasteiger partial charge in [0.1, 0.15) is 0 Å². The summed E-state index contributed by atoms with van der Waals surface area (Å²) in [4.78, 5) is 47.9. The lowest BCUT2D eigenvalue weighted by Crippen LogP contribution is -2.47. The molecule has 8 aliphatic rings. The molecule has 4 aromatic carbocycles. The van der Waals surface area contributed by atoms with E-state index in [0.29, 0.717) is 76.0 Å². The Morgan fingerprint density at radius 1 is 0.310 bits per heavy atom. The molecule has 2 N–H and O–H groups in total. The Kier molecular flexibility index (Phi) is 18.5. The third-order valence-electron chi connectivity index (χ3n) is 18.2. The molecule has 8 heterocycles. The van der Waals surface area contributed by atoms with Gasteiger partial charge >= 0.3 is 0 Å². The van der Waals surface area contributed by atoms with Gasteiger partial charge in [-0.3, -0.25) is 59.5 Å². The van der Waals surface area contributed by atoms with E-state index in [9.17, 15) is 10.2 Å². The van der Waals surface area contributed by atoms with Gasteiger partial charge in [0, 0.05) is 196 Å². The first-order valence-electron chi connectivity index (χ1n) is 30.5. The second kappa shape index (κ2) is 26.5. The van der Waals surface area contributed by atoms with Crippen molar-refractivity contribution in [1.29, 1.82) is 0 Å². The molecule has 14 nitrogen and oxygen atoms in total. The highest BCUT2D eigenvalue weighted by atomic mass is 16.3. The van der Waals surface area contributed by atoms with Crippen molar-refractivity contribution in [3.8, 4) is 0 Å². The average Bonchev–Trinajstić information content (AvgIpc) is 4.56. The predicted octanol–water partition coefficient (Wildman–Crippen LogP) is 11.9. The molecule has 0 bridgehead atoms. The van der Waals surface area contributed by atoms with Crippen molar-refractivity contribution in [3.05, 3.63) is 168 Å². The fourth-order valence-corrected chi connectivity index (χ4v) is 12.8. The van der Waals surface area contributed by atoms with Crippen LogP contribution in [-0.4, -0.2) is 166 Å². The van der Waals surface area contributed by atoms with Crippen LogP contribution < -0.4 is 0 Å². The zero-order chi connectivity index (χ0) is 58.4. The maximum atomic E-state index is 12.0. The van der Waals surface area contributed by atoms with Gasteiger partial charge in [-0.05, 0) is 46.5 Å². The Bertz CT molecular complexity index is 3020. The molecule has 0 aromatic heterocycles. The maximum absolute atomic E-state index is 12.0. The number of allylic oxidation sites excluding steroid dienone is 4. The first kappa shape index (κ1) is 58.7. The molecule has 8 unspecified atom stereocenters. The first-order chi connectivity index (χ1) is 40.7. The monoisotopic (exact) mass is 1120 g/mol. The van der Waals surface area contributed by atoms with Crippen LogP contribution in [0, 0.1) is 23.7 Å². The SMILES string of the molecule is CC1C(CN(CC2=Nc3ccccc3C2C)CC(O)CN(CC2=Nc3ccccc3C2C)CC2=Nc3ccccc3C2C)=Nc2ccccc21.CC1C=CN=C1CN(CC1=NC=CC1C)CC(O)CN(CC1=NC=CC1C)CC1=NC=CC1C. The van der Waals surface area contributed by atoms with Crippen LogP contribution in [0.5, 0.6) is 0 Å². The van der Waals surface area contributed by atoms with E-state index in [-0.39, 0.29) is 23.7 Å². The van der Waals surface area contributed by atoms with Crippen molar-refractivity contribution in [2.24, 2.45) is 63.6 Å². The van der Waals surface area contributed by atoms with Gasteiger partial charge in [0.2, 0.25) is 0 Å². The first-order valence-corrected chi connectivity index (χ1v) is 30.5. The standard InChI is InChI=1S/C43H46N6O.C27H38N6O/c1-27-32-13-5-9-17-36(32)44-40(27)23-48(24-41-28(2)33-14-6-10-18-37(33)45-41)21-31(50)22-49(25-42-29(3)34-15-7-11-19-38(34)46-42)26-43-30(4)35-16-8-12-20-39(35)47-43;1-19-5-9-28-24(19)15-32(16-25-20(2)6-10-29-25)13-23(34)14-33(17-26-21(3)7-11-30-26)18-27-22(4)8-12-31-27/h5-20,27-31,50H,21-26H2,1-4H3;5-12,19-23,34H,13-18H2,1-4H3. The summed E-state index contributed by atoms with van der Waals surface area (Å²) in [6.07, 6.45) is 14.9. The fraction of sp³-hybridized carbons (Fsp3) is 0.429. The van der Waals surface area contributed by atoms with Gasteiger partial charge in [-0.1, -0.05) is 152 Å². The zero-order valence-electron chi connectivity index (χ0n) is 50.4. The van der Waals surface area contributed by atoms with Crippen molar-refractivity contribution in [1.82, 2.24) is 19.6 Å². The van der Waals surface area contributed by atoms with E-state index in [4.69, 9.17) is 20.0 Å². The molecule has 0 amide bonds. The van der Waals surface area contributed by atoms with E-state index in [2.05, 4.69) is 216 Å². The molecule has 0 fully saturated rings. The van der Waals surface area contributed by atoms with Crippen molar-refractivity contribution in [2.75, 3.05) is 78.5 Å². The minimum absolute atomic E-state index is 0.231. The molecule has 8 aliphatic heterocycles. The molecule has 12 rings (SSSR count). The van der Waals surface area contributed by atoms with Gasteiger partial charge in [0.15, 0.2) is 0 Å². The Labute approximate surface area is 497 Å². The van der Waals surface area contributed by atoms with E-state index in [1.165, 1.54) is 22.3 Å². The molecule has 84 heavy (non-hydrogen) atoms. The Hall–Kier alpha value is -7.04. The molecule has 4 aromatic rings. The second-order valence-electron chi connectivity index (χ2n) is 24.5. The molecule has 8 atom stereocenters.